The van der Waals surface area contributed by atoms with E-state index in [1.807, 2.05) is 6.92 Å². The fraction of sp³-hybridized carbons (Fsp3) is 0.700. The Bertz CT molecular complexity index is 378. The third kappa shape index (κ3) is 3.50. The molecule has 96 valence electrons. The highest BCUT2D eigenvalue weighted by atomic mass is 16.5. The van der Waals surface area contributed by atoms with Crippen LogP contribution in [0.1, 0.15) is 29.5 Å². The molecule has 0 bridgehead atoms. The summed E-state index contributed by atoms with van der Waals surface area (Å²) < 4.78 is 6.34. The highest BCUT2D eigenvalue weighted by Gasteiger charge is 2.19. The van der Waals surface area contributed by atoms with Gasteiger partial charge in [-0.3, -0.25) is 0 Å². The largest absolute Gasteiger partial charge is 0.476 e. The van der Waals surface area contributed by atoms with E-state index in [2.05, 4.69) is 10.3 Å². The Balaban J connectivity index is 2.91. The summed E-state index contributed by atoms with van der Waals surface area (Å²) in [5.41, 5.74) is 0.400. The second-order valence-corrected chi connectivity index (χ2v) is 3.68. The summed E-state index contributed by atoms with van der Waals surface area (Å²) in [7, 11) is 1.54. The van der Waals surface area contributed by atoms with Gasteiger partial charge in [-0.2, -0.15) is 0 Å². The normalized spacial score (nSPS) is 12.6. The first-order valence-electron chi connectivity index (χ1n) is 5.42. The molecule has 7 nitrogen and oxygen atoms in total. The van der Waals surface area contributed by atoms with Crippen LogP contribution >= 0.6 is 0 Å². The maximum Gasteiger partial charge on any atom is 0.358 e. The monoisotopic (exact) mass is 243 g/mol. The van der Waals surface area contributed by atoms with Crippen LogP contribution < -0.4 is 0 Å². The second-order valence-electron chi connectivity index (χ2n) is 3.68. The third-order valence-corrected chi connectivity index (χ3v) is 2.44. The molecule has 17 heavy (non-hydrogen) atoms. The first kappa shape index (κ1) is 13.6. The van der Waals surface area contributed by atoms with Crippen LogP contribution in [0, 0.1) is 0 Å². The molecule has 1 atom stereocenters. The number of nitrogens with zero attached hydrogens (tertiary/aromatic N) is 3. The number of ether oxygens (including phenoxy) is 1. The third-order valence-electron chi connectivity index (χ3n) is 2.44. The number of carbonyl (C=O) groups is 1. The highest BCUT2D eigenvalue weighted by Crippen LogP contribution is 2.08. The Morgan fingerprint density at radius 2 is 2.29 bits per heavy atom. The van der Waals surface area contributed by atoms with Crippen LogP contribution in [0.4, 0.5) is 0 Å². The number of carboxylic acid groups (broad SMARTS) is 1. The van der Waals surface area contributed by atoms with Gasteiger partial charge in [0.05, 0.1) is 24.9 Å². The van der Waals surface area contributed by atoms with Gasteiger partial charge in [-0.15, -0.1) is 5.10 Å². The van der Waals surface area contributed by atoms with Gasteiger partial charge in [-0.05, 0) is 6.42 Å². The van der Waals surface area contributed by atoms with Gasteiger partial charge in [-0.25, -0.2) is 9.48 Å². The average Bonchev–Trinajstić information content (AvgIpc) is 2.69. The van der Waals surface area contributed by atoms with Crippen molar-refractivity contribution in [3.05, 3.63) is 11.4 Å². The zero-order chi connectivity index (χ0) is 12.8. The Hall–Kier alpha value is -1.47. The summed E-state index contributed by atoms with van der Waals surface area (Å²) in [5, 5.41) is 25.8. The van der Waals surface area contributed by atoms with Crippen molar-refractivity contribution in [3.8, 4) is 0 Å². The Morgan fingerprint density at radius 3 is 2.82 bits per heavy atom. The van der Waals surface area contributed by atoms with Gasteiger partial charge in [0.2, 0.25) is 0 Å². The topological polar surface area (TPSA) is 97.5 Å². The number of hydrogen-bond acceptors (Lipinski definition) is 5. The lowest BCUT2D eigenvalue weighted by atomic mass is 10.2. The molecule has 0 aliphatic carbocycles. The van der Waals surface area contributed by atoms with E-state index >= 15 is 0 Å². The van der Waals surface area contributed by atoms with Crippen molar-refractivity contribution < 1.29 is 19.7 Å². The molecule has 7 heteroatoms. The number of methoxy groups -OCH3 is 1. The van der Waals surface area contributed by atoms with Crippen molar-refractivity contribution in [2.45, 2.75) is 32.4 Å². The fourth-order valence-electron chi connectivity index (χ4n) is 1.42. The van der Waals surface area contributed by atoms with Crippen molar-refractivity contribution in [3.63, 3.8) is 0 Å². The molecular weight excluding hydrogens is 226 g/mol. The molecule has 1 rings (SSSR count). The zero-order valence-corrected chi connectivity index (χ0v) is 9.96. The minimum absolute atomic E-state index is 0.0784. The van der Waals surface area contributed by atoms with E-state index in [1.54, 1.807) is 0 Å². The van der Waals surface area contributed by atoms with Crippen LogP contribution in [0.15, 0.2) is 0 Å². The summed E-state index contributed by atoms with van der Waals surface area (Å²) in [6.45, 7) is 2.47. The van der Waals surface area contributed by atoms with E-state index < -0.39 is 12.1 Å². The fourth-order valence-corrected chi connectivity index (χ4v) is 1.42. The van der Waals surface area contributed by atoms with E-state index in [9.17, 15) is 9.90 Å². The van der Waals surface area contributed by atoms with Gasteiger partial charge >= 0.3 is 5.97 Å². The van der Waals surface area contributed by atoms with Crippen molar-refractivity contribution in [2.75, 3.05) is 13.7 Å². The number of aliphatic hydroxyl groups is 1. The molecule has 0 aliphatic rings. The molecule has 0 aliphatic heterocycles. The molecule has 0 radical (unpaired) electrons. The molecule has 0 amide bonds. The SMILES string of the molecule is CCC(O)Cn1nnc(C(=O)O)c1CCOC. The number of aromatic nitrogens is 3. The number of rotatable bonds is 7. The number of aliphatic hydroxyl groups excluding tert-OH is 1. The van der Waals surface area contributed by atoms with Gasteiger partial charge in [0.25, 0.3) is 0 Å². The second kappa shape index (κ2) is 6.31. The van der Waals surface area contributed by atoms with Crippen LogP contribution in [-0.4, -0.2) is 51.0 Å². The van der Waals surface area contributed by atoms with E-state index in [0.717, 1.165) is 0 Å². The Labute approximate surface area is 99.0 Å². The molecule has 0 saturated carbocycles. The van der Waals surface area contributed by atoms with E-state index in [0.29, 0.717) is 25.1 Å². The smallest absolute Gasteiger partial charge is 0.358 e. The summed E-state index contributed by atoms with van der Waals surface area (Å²) in [5.74, 6) is -1.12. The van der Waals surface area contributed by atoms with Gasteiger partial charge < -0.3 is 14.9 Å². The maximum absolute atomic E-state index is 10.9. The molecule has 0 spiro atoms. The van der Waals surface area contributed by atoms with E-state index in [4.69, 9.17) is 9.84 Å². The summed E-state index contributed by atoms with van der Waals surface area (Å²) in [6.07, 6.45) is 0.424. The average molecular weight is 243 g/mol. The van der Waals surface area contributed by atoms with Gasteiger partial charge in [0.1, 0.15) is 0 Å². The summed E-state index contributed by atoms with van der Waals surface area (Å²) in [6, 6.07) is 0. The van der Waals surface area contributed by atoms with Gasteiger partial charge in [-0.1, -0.05) is 12.1 Å². The van der Waals surface area contributed by atoms with E-state index in [1.165, 1.54) is 11.8 Å². The number of hydrogen-bond donors (Lipinski definition) is 2. The predicted molar refractivity (Wildman–Crippen MR) is 58.9 cm³/mol. The molecule has 1 aromatic rings. The molecule has 1 unspecified atom stereocenters. The molecule has 0 fully saturated rings. The lowest BCUT2D eigenvalue weighted by Crippen LogP contribution is -2.19. The number of carboxylic acids is 1. The maximum atomic E-state index is 10.9. The molecule has 0 saturated heterocycles. The molecule has 2 N–H and O–H groups in total. The minimum atomic E-state index is -1.12. The van der Waals surface area contributed by atoms with Crippen LogP contribution in [0.3, 0.4) is 0 Å². The minimum Gasteiger partial charge on any atom is -0.476 e. The van der Waals surface area contributed by atoms with Crippen molar-refractivity contribution in [2.24, 2.45) is 0 Å². The number of aromatic carboxylic acids is 1. The lowest BCUT2D eigenvalue weighted by molar-refractivity contribution is 0.0688. The summed E-state index contributed by atoms with van der Waals surface area (Å²) in [4.78, 5) is 10.9. The zero-order valence-electron chi connectivity index (χ0n) is 9.96. The first-order chi connectivity index (χ1) is 8.10. The quantitative estimate of drug-likeness (QED) is 0.696. The molecular formula is C10H17N3O4. The summed E-state index contributed by atoms with van der Waals surface area (Å²) >= 11 is 0. The Kier molecular flexibility index (Phi) is 5.05. The molecule has 1 heterocycles. The van der Waals surface area contributed by atoms with Crippen molar-refractivity contribution >= 4 is 5.97 Å². The van der Waals surface area contributed by atoms with Crippen LogP contribution in [0.25, 0.3) is 0 Å². The van der Waals surface area contributed by atoms with Gasteiger partial charge in [0.15, 0.2) is 5.69 Å². The van der Waals surface area contributed by atoms with E-state index in [-0.39, 0.29) is 12.2 Å². The van der Waals surface area contributed by atoms with Gasteiger partial charge in [0, 0.05) is 13.5 Å². The standard InChI is InChI=1S/C10H17N3O4/c1-3-7(14)6-13-8(4-5-17-2)9(10(15)16)11-12-13/h7,14H,3-6H2,1-2H3,(H,15,16). The molecule has 1 aromatic heterocycles. The lowest BCUT2D eigenvalue weighted by Gasteiger charge is -2.10. The van der Waals surface area contributed by atoms with Crippen LogP contribution in [-0.2, 0) is 17.7 Å². The predicted octanol–water partition coefficient (Wildman–Crippen LogP) is -0.0639. The van der Waals surface area contributed by atoms with Crippen molar-refractivity contribution in [1.82, 2.24) is 15.0 Å². The molecule has 0 aromatic carbocycles. The first-order valence-corrected chi connectivity index (χ1v) is 5.42. The highest BCUT2D eigenvalue weighted by molar-refractivity contribution is 5.86. The van der Waals surface area contributed by atoms with Crippen molar-refractivity contribution in [1.29, 1.82) is 0 Å². The van der Waals surface area contributed by atoms with Crippen LogP contribution in [0.2, 0.25) is 0 Å². The Morgan fingerprint density at radius 1 is 1.59 bits per heavy atom. The van der Waals surface area contributed by atoms with Crippen LogP contribution in [0.5, 0.6) is 0 Å².